The lowest BCUT2D eigenvalue weighted by atomic mass is 10.6. The molecule has 0 aliphatic heterocycles. The summed E-state index contributed by atoms with van der Waals surface area (Å²) in [7, 11) is 0. The third-order valence-corrected chi connectivity index (χ3v) is 0.926. The minimum Gasteiger partial charge on any atom is -0.332 e. The Bertz CT molecular complexity index is 247. The summed E-state index contributed by atoms with van der Waals surface area (Å²) in [5.41, 5.74) is 2.05. The van der Waals surface area contributed by atoms with Crippen molar-refractivity contribution in [3.8, 4) is 0 Å². The SMILES string of the molecule is C=CC(=O)NCN=NNC(=O)C=C. The molecule has 0 aliphatic carbocycles. The molecule has 0 atom stereocenters. The molecule has 6 heteroatoms. The van der Waals surface area contributed by atoms with Crippen molar-refractivity contribution in [2.24, 2.45) is 10.3 Å². The molecule has 70 valence electrons. The predicted octanol–water partition coefficient (Wildman–Crippen LogP) is -0.0845. The van der Waals surface area contributed by atoms with E-state index in [1.165, 1.54) is 0 Å². The smallest absolute Gasteiger partial charge is 0.264 e. The first-order valence-electron chi connectivity index (χ1n) is 3.40. The highest BCUT2D eigenvalue weighted by molar-refractivity contribution is 5.87. The molecule has 0 radical (unpaired) electrons. The van der Waals surface area contributed by atoms with Gasteiger partial charge >= 0.3 is 0 Å². The van der Waals surface area contributed by atoms with Gasteiger partial charge in [-0.15, -0.1) is 5.11 Å². The van der Waals surface area contributed by atoms with Gasteiger partial charge in [0.05, 0.1) is 0 Å². The Hall–Kier alpha value is -1.98. The van der Waals surface area contributed by atoms with E-state index in [0.717, 1.165) is 12.2 Å². The summed E-state index contributed by atoms with van der Waals surface area (Å²) < 4.78 is 0. The molecule has 0 unspecified atom stereocenters. The van der Waals surface area contributed by atoms with Gasteiger partial charge in [0.25, 0.3) is 5.91 Å². The summed E-state index contributed by atoms with van der Waals surface area (Å²) in [4.78, 5) is 21.0. The number of amides is 2. The van der Waals surface area contributed by atoms with Crippen LogP contribution in [-0.4, -0.2) is 18.5 Å². The maximum Gasteiger partial charge on any atom is 0.264 e. The highest BCUT2D eigenvalue weighted by Gasteiger charge is 1.90. The highest BCUT2D eigenvalue weighted by Crippen LogP contribution is 1.72. The number of carbonyl (C=O) groups excluding carboxylic acids is 2. The minimum atomic E-state index is -0.459. The summed E-state index contributed by atoms with van der Waals surface area (Å²) in [6.07, 6.45) is 2.17. The van der Waals surface area contributed by atoms with Gasteiger partial charge < -0.3 is 5.32 Å². The molecular weight excluding hydrogens is 172 g/mol. The maximum atomic E-state index is 10.5. The van der Waals surface area contributed by atoms with E-state index < -0.39 is 5.91 Å². The molecule has 2 amide bonds. The largest absolute Gasteiger partial charge is 0.332 e. The fourth-order valence-corrected chi connectivity index (χ4v) is 0.351. The van der Waals surface area contributed by atoms with Gasteiger partial charge in [-0.3, -0.25) is 9.59 Å². The molecule has 0 rings (SSSR count). The molecular formula is C7H10N4O2. The summed E-state index contributed by atoms with van der Waals surface area (Å²) in [6.45, 7) is 6.43. The fourth-order valence-electron chi connectivity index (χ4n) is 0.351. The van der Waals surface area contributed by atoms with E-state index in [-0.39, 0.29) is 12.6 Å². The van der Waals surface area contributed by atoms with Crippen LogP contribution in [0.3, 0.4) is 0 Å². The summed E-state index contributed by atoms with van der Waals surface area (Å²) in [6, 6.07) is 0. The van der Waals surface area contributed by atoms with Gasteiger partial charge in [-0.2, -0.15) is 0 Å². The first-order valence-corrected chi connectivity index (χ1v) is 3.40. The van der Waals surface area contributed by atoms with Crippen LogP contribution in [0.25, 0.3) is 0 Å². The zero-order chi connectivity index (χ0) is 10.1. The van der Waals surface area contributed by atoms with Crippen molar-refractivity contribution in [1.82, 2.24) is 10.7 Å². The number of rotatable bonds is 5. The molecule has 0 aromatic heterocycles. The molecule has 0 aliphatic rings. The number of hydrogen-bond donors (Lipinski definition) is 2. The highest BCUT2D eigenvalue weighted by atomic mass is 16.2. The van der Waals surface area contributed by atoms with Gasteiger partial charge in [0.15, 0.2) is 0 Å². The first-order chi connectivity index (χ1) is 6.20. The topological polar surface area (TPSA) is 82.9 Å². The summed E-state index contributed by atoms with van der Waals surface area (Å²) >= 11 is 0. The molecule has 0 aromatic carbocycles. The van der Waals surface area contributed by atoms with Crippen LogP contribution in [-0.2, 0) is 9.59 Å². The zero-order valence-electron chi connectivity index (χ0n) is 6.99. The summed E-state index contributed by atoms with van der Waals surface area (Å²) in [5.74, 6) is -0.812. The maximum absolute atomic E-state index is 10.5. The lowest BCUT2D eigenvalue weighted by Crippen LogP contribution is -2.21. The Labute approximate surface area is 75.4 Å². The van der Waals surface area contributed by atoms with Crippen LogP contribution in [0.5, 0.6) is 0 Å². The van der Waals surface area contributed by atoms with E-state index in [0.29, 0.717) is 0 Å². The van der Waals surface area contributed by atoms with E-state index in [4.69, 9.17) is 0 Å². The Morgan fingerprint density at radius 1 is 1.23 bits per heavy atom. The quantitative estimate of drug-likeness (QED) is 0.354. The Balaban J connectivity index is 3.52. The van der Waals surface area contributed by atoms with Gasteiger partial charge in [-0.05, 0) is 12.2 Å². The standard InChI is InChI=1S/C7H10N4O2/c1-3-6(12)8-5-9-11-10-7(13)4-2/h3-4H,1-2,5H2,(H,8,12)(H,9,10,13). The summed E-state index contributed by atoms with van der Waals surface area (Å²) in [5, 5.41) is 9.00. The van der Waals surface area contributed by atoms with Gasteiger partial charge in [0.1, 0.15) is 6.67 Å². The van der Waals surface area contributed by atoms with Crippen LogP contribution >= 0.6 is 0 Å². The molecule has 2 N–H and O–H groups in total. The lowest BCUT2D eigenvalue weighted by molar-refractivity contribution is -0.117. The van der Waals surface area contributed by atoms with Crippen LogP contribution in [0, 0.1) is 0 Å². The van der Waals surface area contributed by atoms with Crippen molar-refractivity contribution in [1.29, 1.82) is 0 Å². The monoisotopic (exact) mass is 182 g/mol. The Kier molecular flexibility index (Phi) is 5.69. The molecule has 0 aromatic rings. The van der Waals surface area contributed by atoms with Crippen molar-refractivity contribution in [2.75, 3.05) is 6.67 Å². The van der Waals surface area contributed by atoms with Crippen molar-refractivity contribution >= 4 is 11.8 Å². The van der Waals surface area contributed by atoms with Crippen LogP contribution < -0.4 is 10.7 Å². The van der Waals surface area contributed by atoms with Crippen molar-refractivity contribution < 1.29 is 9.59 Å². The molecule has 0 saturated heterocycles. The molecule has 0 saturated carbocycles. The number of nitrogens with one attached hydrogen (secondary N) is 2. The normalized spacial score (nSPS) is 9.23. The van der Waals surface area contributed by atoms with E-state index >= 15 is 0 Å². The van der Waals surface area contributed by atoms with Crippen LogP contribution in [0.4, 0.5) is 0 Å². The number of hydrogen-bond acceptors (Lipinski definition) is 4. The number of carbonyl (C=O) groups is 2. The van der Waals surface area contributed by atoms with Crippen molar-refractivity contribution in [2.45, 2.75) is 0 Å². The second-order valence-corrected chi connectivity index (χ2v) is 1.82. The molecule has 0 fully saturated rings. The molecule has 6 nitrogen and oxygen atoms in total. The molecule has 13 heavy (non-hydrogen) atoms. The molecule has 0 bridgehead atoms. The van der Waals surface area contributed by atoms with Crippen LogP contribution in [0.15, 0.2) is 35.6 Å². The minimum absolute atomic E-state index is 0.0116. The van der Waals surface area contributed by atoms with E-state index in [9.17, 15) is 9.59 Å². The van der Waals surface area contributed by atoms with E-state index in [2.05, 4.69) is 28.8 Å². The molecule has 0 heterocycles. The first kappa shape index (κ1) is 11.0. The van der Waals surface area contributed by atoms with Crippen molar-refractivity contribution in [3.63, 3.8) is 0 Å². The average Bonchev–Trinajstić information content (AvgIpc) is 2.16. The van der Waals surface area contributed by atoms with Gasteiger partial charge in [-0.1, -0.05) is 18.4 Å². The van der Waals surface area contributed by atoms with E-state index in [1.807, 2.05) is 5.43 Å². The predicted molar refractivity (Wildman–Crippen MR) is 46.4 cm³/mol. The number of nitrogens with zero attached hydrogens (tertiary/aromatic N) is 2. The van der Waals surface area contributed by atoms with Gasteiger partial charge in [0, 0.05) is 0 Å². The second-order valence-electron chi connectivity index (χ2n) is 1.82. The van der Waals surface area contributed by atoms with Crippen LogP contribution in [0.2, 0.25) is 0 Å². The van der Waals surface area contributed by atoms with Crippen molar-refractivity contribution in [3.05, 3.63) is 25.3 Å². The lowest BCUT2D eigenvalue weighted by Gasteiger charge is -1.94. The van der Waals surface area contributed by atoms with E-state index in [1.54, 1.807) is 0 Å². The second kappa shape index (κ2) is 6.71. The zero-order valence-corrected chi connectivity index (χ0v) is 6.99. The third-order valence-electron chi connectivity index (χ3n) is 0.926. The Morgan fingerprint density at radius 2 is 1.85 bits per heavy atom. The van der Waals surface area contributed by atoms with Gasteiger partial charge in [0.2, 0.25) is 5.91 Å². The average molecular weight is 182 g/mol. The van der Waals surface area contributed by atoms with Gasteiger partial charge in [-0.25, -0.2) is 5.43 Å². The Morgan fingerprint density at radius 3 is 2.38 bits per heavy atom. The fraction of sp³-hybridized carbons (Fsp3) is 0.143. The molecule has 0 spiro atoms. The van der Waals surface area contributed by atoms with Crippen LogP contribution in [0.1, 0.15) is 0 Å². The third kappa shape index (κ3) is 6.42.